The Labute approximate surface area is 81.7 Å². The van der Waals surface area contributed by atoms with Crippen molar-refractivity contribution in [2.75, 3.05) is 14.1 Å². The summed E-state index contributed by atoms with van der Waals surface area (Å²) in [7, 11) is 4.07. The van der Waals surface area contributed by atoms with Gasteiger partial charge in [0.1, 0.15) is 0 Å². The van der Waals surface area contributed by atoms with Crippen molar-refractivity contribution in [1.82, 2.24) is 4.90 Å². The molecule has 3 heteroatoms. The summed E-state index contributed by atoms with van der Waals surface area (Å²) >= 11 is 0. The Kier molecular flexibility index (Phi) is 6.29. The molecule has 3 nitrogen and oxygen atoms in total. The van der Waals surface area contributed by atoms with Gasteiger partial charge in [0.05, 0.1) is 6.10 Å². The van der Waals surface area contributed by atoms with Gasteiger partial charge in [-0.25, -0.2) is 0 Å². The predicted molar refractivity (Wildman–Crippen MR) is 54.6 cm³/mol. The summed E-state index contributed by atoms with van der Waals surface area (Å²) < 4.78 is 5.20. The number of nitrogens with zero attached hydrogens (tertiary/aromatic N) is 1. The van der Waals surface area contributed by atoms with Gasteiger partial charge in [0.15, 0.2) is 6.29 Å². The molecule has 0 aromatic rings. The molecule has 0 radical (unpaired) electrons. The molecule has 1 aliphatic rings. The third-order valence-electron chi connectivity index (χ3n) is 2.20. The van der Waals surface area contributed by atoms with E-state index in [2.05, 4.69) is 4.90 Å². The second-order valence-corrected chi connectivity index (χ2v) is 3.49. The van der Waals surface area contributed by atoms with Gasteiger partial charge < -0.3 is 14.7 Å². The van der Waals surface area contributed by atoms with Gasteiger partial charge in [-0.15, -0.1) is 0 Å². The Bertz CT molecular complexity index is 118. The minimum atomic E-state index is -0.564. The molecule has 1 rings (SSSR count). The summed E-state index contributed by atoms with van der Waals surface area (Å²) in [6.07, 6.45) is 1.37. The monoisotopic (exact) mass is 189 g/mol. The van der Waals surface area contributed by atoms with E-state index in [1.165, 1.54) is 0 Å². The number of aliphatic hydroxyl groups is 1. The Morgan fingerprint density at radius 3 is 2.15 bits per heavy atom. The first kappa shape index (κ1) is 12.9. The van der Waals surface area contributed by atoms with Crippen LogP contribution in [0.3, 0.4) is 0 Å². The highest BCUT2D eigenvalue weighted by molar-refractivity contribution is 4.75. The second kappa shape index (κ2) is 6.35. The maximum atomic E-state index is 9.25. The third kappa shape index (κ3) is 4.60. The highest BCUT2D eigenvalue weighted by Crippen LogP contribution is 2.20. The van der Waals surface area contributed by atoms with Gasteiger partial charge in [-0.1, -0.05) is 13.8 Å². The van der Waals surface area contributed by atoms with Crippen molar-refractivity contribution in [2.24, 2.45) is 0 Å². The van der Waals surface area contributed by atoms with E-state index in [9.17, 15) is 5.11 Å². The van der Waals surface area contributed by atoms with E-state index >= 15 is 0 Å². The van der Waals surface area contributed by atoms with E-state index in [0.29, 0.717) is 6.04 Å². The summed E-state index contributed by atoms with van der Waals surface area (Å²) in [4.78, 5) is 2.14. The lowest BCUT2D eigenvalue weighted by Gasteiger charge is -2.34. The van der Waals surface area contributed by atoms with Crippen molar-refractivity contribution in [3.8, 4) is 0 Å². The van der Waals surface area contributed by atoms with Crippen molar-refractivity contribution in [3.63, 3.8) is 0 Å². The molecule has 1 N–H and O–H groups in total. The van der Waals surface area contributed by atoms with Crippen LogP contribution < -0.4 is 0 Å². The highest BCUT2D eigenvalue weighted by Gasteiger charge is 2.26. The van der Waals surface area contributed by atoms with Gasteiger partial charge in [0, 0.05) is 12.5 Å². The van der Waals surface area contributed by atoms with E-state index < -0.39 is 6.29 Å². The van der Waals surface area contributed by atoms with Crippen molar-refractivity contribution in [3.05, 3.63) is 0 Å². The van der Waals surface area contributed by atoms with Crippen LogP contribution in [0.5, 0.6) is 0 Å². The van der Waals surface area contributed by atoms with Crippen LogP contribution in [0, 0.1) is 0 Å². The Balaban J connectivity index is 0.000000671. The zero-order valence-electron chi connectivity index (χ0n) is 9.45. The van der Waals surface area contributed by atoms with E-state index in [4.69, 9.17) is 4.74 Å². The van der Waals surface area contributed by atoms with E-state index in [0.717, 1.165) is 12.8 Å². The van der Waals surface area contributed by atoms with Crippen molar-refractivity contribution in [2.45, 2.75) is 52.0 Å². The number of ether oxygens (including phenoxy) is 1. The van der Waals surface area contributed by atoms with Crippen LogP contribution in [0.1, 0.15) is 33.6 Å². The topological polar surface area (TPSA) is 32.7 Å². The van der Waals surface area contributed by atoms with Crippen LogP contribution in [-0.2, 0) is 4.74 Å². The fraction of sp³-hybridized carbons (Fsp3) is 1.00. The van der Waals surface area contributed by atoms with Crippen LogP contribution in [0.15, 0.2) is 0 Å². The molecule has 1 fully saturated rings. The largest absolute Gasteiger partial charge is 0.368 e. The van der Waals surface area contributed by atoms with Crippen molar-refractivity contribution < 1.29 is 9.84 Å². The molecule has 1 unspecified atom stereocenters. The summed E-state index contributed by atoms with van der Waals surface area (Å²) in [6.45, 7) is 6.00. The highest BCUT2D eigenvalue weighted by atomic mass is 16.6. The third-order valence-corrected chi connectivity index (χ3v) is 2.20. The molecule has 0 bridgehead atoms. The molecule has 0 amide bonds. The Hall–Kier alpha value is -0.120. The van der Waals surface area contributed by atoms with Crippen LogP contribution in [-0.4, -0.2) is 42.5 Å². The van der Waals surface area contributed by atoms with Crippen LogP contribution in [0.2, 0.25) is 0 Å². The first-order chi connectivity index (χ1) is 6.09. The van der Waals surface area contributed by atoms with Gasteiger partial charge in [0.2, 0.25) is 0 Å². The molecular weight excluding hydrogens is 166 g/mol. The lowest BCUT2D eigenvalue weighted by molar-refractivity contribution is -0.172. The zero-order valence-corrected chi connectivity index (χ0v) is 9.45. The lowest BCUT2D eigenvalue weighted by atomic mass is 10.0. The minimum Gasteiger partial charge on any atom is -0.368 e. The molecule has 0 aromatic heterocycles. The SMILES string of the molecule is CC.CC1C[C@H](N(C)C)C[C@H](O)O1. The van der Waals surface area contributed by atoms with Crippen LogP contribution in [0.25, 0.3) is 0 Å². The molecule has 0 saturated carbocycles. The summed E-state index contributed by atoms with van der Waals surface area (Å²) in [6, 6.07) is 0.466. The molecule has 1 saturated heterocycles. The molecule has 13 heavy (non-hydrogen) atoms. The Morgan fingerprint density at radius 1 is 1.23 bits per heavy atom. The number of hydrogen-bond donors (Lipinski definition) is 1. The van der Waals surface area contributed by atoms with Crippen molar-refractivity contribution >= 4 is 0 Å². The molecule has 3 atom stereocenters. The normalized spacial score (nSPS) is 33.9. The van der Waals surface area contributed by atoms with Gasteiger partial charge >= 0.3 is 0 Å². The van der Waals surface area contributed by atoms with Gasteiger partial charge in [-0.2, -0.15) is 0 Å². The molecule has 0 aliphatic carbocycles. The first-order valence-electron chi connectivity index (χ1n) is 5.09. The second-order valence-electron chi connectivity index (χ2n) is 3.49. The number of rotatable bonds is 1. The fourth-order valence-corrected chi connectivity index (χ4v) is 1.51. The standard InChI is InChI=1S/C8H17NO2.C2H6/c1-6-4-7(9(2)3)5-8(10)11-6;1-2/h6-8,10H,4-5H2,1-3H3;1-2H3/t6?,7-,8+;/m0./s1. The maximum absolute atomic E-state index is 9.25. The smallest absolute Gasteiger partial charge is 0.156 e. The average Bonchev–Trinajstić information content (AvgIpc) is 2.06. The minimum absolute atomic E-state index is 0.186. The first-order valence-corrected chi connectivity index (χ1v) is 5.09. The average molecular weight is 189 g/mol. The van der Waals surface area contributed by atoms with E-state index in [1.807, 2.05) is 34.9 Å². The van der Waals surface area contributed by atoms with Gasteiger partial charge in [0.25, 0.3) is 0 Å². The summed E-state index contributed by atoms with van der Waals surface area (Å²) in [5.41, 5.74) is 0. The lowest BCUT2D eigenvalue weighted by Crippen LogP contribution is -2.41. The van der Waals surface area contributed by atoms with E-state index in [-0.39, 0.29) is 6.10 Å². The molecule has 80 valence electrons. The zero-order chi connectivity index (χ0) is 10.4. The molecule has 0 aromatic carbocycles. The molecule has 0 spiro atoms. The fourth-order valence-electron chi connectivity index (χ4n) is 1.51. The quantitative estimate of drug-likeness (QED) is 0.678. The Morgan fingerprint density at radius 2 is 1.77 bits per heavy atom. The van der Waals surface area contributed by atoms with Gasteiger partial charge in [-0.3, -0.25) is 0 Å². The van der Waals surface area contributed by atoms with Crippen LogP contribution in [0.4, 0.5) is 0 Å². The van der Waals surface area contributed by atoms with Gasteiger partial charge in [-0.05, 0) is 27.4 Å². The maximum Gasteiger partial charge on any atom is 0.156 e. The summed E-state index contributed by atoms with van der Waals surface area (Å²) in [5, 5.41) is 9.25. The summed E-state index contributed by atoms with van der Waals surface area (Å²) in [5.74, 6) is 0. The number of aliphatic hydroxyl groups excluding tert-OH is 1. The number of hydrogen-bond acceptors (Lipinski definition) is 3. The van der Waals surface area contributed by atoms with Crippen LogP contribution >= 0.6 is 0 Å². The molecule has 1 aliphatic heterocycles. The molecular formula is C10H23NO2. The predicted octanol–water partition coefficient (Wildman–Crippen LogP) is 1.46. The molecule has 1 heterocycles. The van der Waals surface area contributed by atoms with E-state index in [1.54, 1.807) is 0 Å². The van der Waals surface area contributed by atoms with Crippen molar-refractivity contribution in [1.29, 1.82) is 0 Å².